The van der Waals surface area contributed by atoms with Gasteiger partial charge in [-0.05, 0) is 0 Å². The van der Waals surface area contributed by atoms with E-state index >= 15 is 0 Å². The largest absolute Gasteiger partial charge is 4.00 e. The Labute approximate surface area is 76.3 Å². The van der Waals surface area contributed by atoms with Crippen molar-refractivity contribution < 1.29 is 21.7 Å². The standard InChI is InChI=1S/C4H10N.3CH3.Ti/c1-4(2,3)5;;;;/h5H,1-3H3;3*1H3;/q4*-1;+4. The molecule has 0 rings (SSSR count). The fourth-order valence-corrected chi connectivity index (χ4v) is 0. The molecular weight excluding hydrogens is 146 g/mol. The zero-order valence-electron chi connectivity index (χ0n) is 7.50. The Balaban J connectivity index is -0.0000000133. The van der Waals surface area contributed by atoms with E-state index in [1.807, 2.05) is 20.8 Å². The summed E-state index contributed by atoms with van der Waals surface area (Å²) in [5.74, 6) is 0. The molecule has 0 aromatic carbocycles. The van der Waals surface area contributed by atoms with Crippen LogP contribution in [-0.4, -0.2) is 5.54 Å². The molecular formula is C7H19NTi. The van der Waals surface area contributed by atoms with Gasteiger partial charge in [0.2, 0.25) is 0 Å². The Hall–Kier alpha value is 0.674. The Bertz CT molecular complexity index is 24.4. The SMILES string of the molecule is CC(C)(C)[NH-].[CH3-].[CH3-].[CH3-].[Ti+4]. The first-order valence-electron chi connectivity index (χ1n) is 1.75. The Morgan fingerprint density at radius 2 is 0.889 bits per heavy atom. The third-order valence-electron chi connectivity index (χ3n) is 0. The summed E-state index contributed by atoms with van der Waals surface area (Å²) < 4.78 is 0. The van der Waals surface area contributed by atoms with Gasteiger partial charge in [-0.1, -0.05) is 20.8 Å². The molecule has 0 amide bonds. The average Bonchev–Trinajstić information content (AvgIpc) is 0.722. The summed E-state index contributed by atoms with van der Waals surface area (Å²) in [6.07, 6.45) is 0. The molecule has 1 nitrogen and oxygen atoms in total. The summed E-state index contributed by atoms with van der Waals surface area (Å²) >= 11 is 0. The third-order valence-corrected chi connectivity index (χ3v) is 0. The van der Waals surface area contributed by atoms with Crippen LogP contribution in [0.4, 0.5) is 0 Å². The summed E-state index contributed by atoms with van der Waals surface area (Å²) in [7, 11) is 0. The van der Waals surface area contributed by atoms with Gasteiger partial charge in [0, 0.05) is 0 Å². The van der Waals surface area contributed by atoms with Crippen LogP contribution in [0.25, 0.3) is 5.73 Å². The van der Waals surface area contributed by atoms with Crippen LogP contribution in [0, 0.1) is 22.3 Å². The maximum absolute atomic E-state index is 6.94. The normalized spacial score (nSPS) is 6.67. The Kier molecular flexibility index (Phi) is 42.5. The second-order valence-corrected chi connectivity index (χ2v) is 2.25. The fourth-order valence-electron chi connectivity index (χ4n) is 0. The minimum Gasteiger partial charge on any atom is -0.673 e. The van der Waals surface area contributed by atoms with Crippen molar-refractivity contribution in [2.45, 2.75) is 26.3 Å². The second-order valence-electron chi connectivity index (χ2n) is 2.25. The molecule has 0 heterocycles. The van der Waals surface area contributed by atoms with Crippen molar-refractivity contribution in [1.82, 2.24) is 0 Å². The van der Waals surface area contributed by atoms with Crippen molar-refractivity contribution in [2.75, 3.05) is 0 Å². The van der Waals surface area contributed by atoms with E-state index in [0.717, 1.165) is 0 Å². The van der Waals surface area contributed by atoms with Crippen LogP contribution in [0.5, 0.6) is 0 Å². The molecule has 0 aliphatic heterocycles. The molecule has 0 spiro atoms. The van der Waals surface area contributed by atoms with E-state index in [1.165, 1.54) is 0 Å². The maximum atomic E-state index is 6.94. The van der Waals surface area contributed by atoms with E-state index in [0.29, 0.717) is 0 Å². The topological polar surface area (TPSA) is 23.8 Å². The van der Waals surface area contributed by atoms with Crippen LogP contribution in [0.2, 0.25) is 0 Å². The smallest absolute Gasteiger partial charge is 0.673 e. The first-order valence-corrected chi connectivity index (χ1v) is 1.75. The van der Waals surface area contributed by atoms with Gasteiger partial charge in [-0.3, -0.25) is 0 Å². The van der Waals surface area contributed by atoms with Crippen LogP contribution >= 0.6 is 0 Å². The molecule has 56 valence electrons. The minimum absolute atomic E-state index is 0. The minimum atomic E-state index is -0.250. The summed E-state index contributed by atoms with van der Waals surface area (Å²) in [6.45, 7) is 5.56. The van der Waals surface area contributed by atoms with Gasteiger partial charge in [-0.15, -0.1) is 5.54 Å². The summed E-state index contributed by atoms with van der Waals surface area (Å²) in [5.41, 5.74) is 6.69. The average molecular weight is 165 g/mol. The maximum Gasteiger partial charge on any atom is 4.00 e. The summed E-state index contributed by atoms with van der Waals surface area (Å²) in [4.78, 5) is 0. The number of hydrogen-bond acceptors (Lipinski definition) is 0. The van der Waals surface area contributed by atoms with Crippen molar-refractivity contribution in [2.24, 2.45) is 0 Å². The predicted octanol–water partition coefficient (Wildman–Crippen LogP) is 3.19. The van der Waals surface area contributed by atoms with E-state index in [4.69, 9.17) is 5.73 Å². The van der Waals surface area contributed by atoms with Gasteiger partial charge < -0.3 is 28.0 Å². The van der Waals surface area contributed by atoms with E-state index in [1.54, 1.807) is 0 Å². The quantitative estimate of drug-likeness (QED) is 0.388. The van der Waals surface area contributed by atoms with Crippen molar-refractivity contribution in [1.29, 1.82) is 0 Å². The van der Waals surface area contributed by atoms with Crippen LogP contribution in [-0.2, 0) is 21.7 Å². The van der Waals surface area contributed by atoms with Gasteiger partial charge in [0.25, 0.3) is 0 Å². The van der Waals surface area contributed by atoms with Crippen LogP contribution in [0.1, 0.15) is 20.8 Å². The molecule has 2 heteroatoms. The molecule has 0 aromatic rings. The van der Waals surface area contributed by atoms with Crippen molar-refractivity contribution in [3.05, 3.63) is 28.0 Å². The Morgan fingerprint density at radius 1 is 0.889 bits per heavy atom. The molecule has 0 saturated carbocycles. The van der Waals surface area contributed by atoms with Gasteiger partial charge in [0.15, 0.2) is 0 Å². The summed E-state index contributed by atoms with van der Waals surface area (Å²) in [5, 5.41) is 0. The zero-order valence-corrected chi connectivity index (χ0v) is 9.06. The Morgan fingerprint density at radius 3 is 0.889 bits per heavy atom. The van der Waals surface area contributed by atoms with Gasteiger partial charge >= 0.3 is 21.7 Å². The molecule has 1 N–H and O–H groups in total. The molecule has 0 aliphatic carbocycles. The molecule has 0 saturated heterocycles. The molecule has 0 unspecified atom stereocenters. The molecule has 0 aliphatic rings. The van der Waals surface area contributed by atoms with Crippen molar-refractivity contribution >= 4 is 0 Å². The van der Waals surface area contributed by atoms with Crippen molar-refractivity contribution in [3.8, 4) is 0 Å². The molecule has 9 heavy (non-hydrogen) atoms. The van der Waals surface area contributed by atoms with Crippen LogP contribution < -0.4 is 0 Å². The zero-order chi connectivity index (χ0) is 4.50. The molecule has 0 atom stereocenters. The van der Waals surface area contributed by atoms with Crippen LogP contribution in [0.15, 0.2) is 0 Å². The third kappa shape index (κ3) is 850. The number of nitrogens with one attached hydrogen (secondary N) is 1. The van der Waals surface area contributed by atoms with Gasteiger partial charge in [-0.25, -0.2) is 0 Å². The van der Waals surface area contributed by atoms with E-state index in [2.05, 4.69) is 0 Å². The number of hydrogen-bond donors (Lipinski definition) is 0. The number of rotatable bonds is 0. The summed E-state index contributed by atoms with van der Waals surface area (Å²) in [6, 6.07) is 0. The van der Waals surface area contributed by atoms with Crippen LogP contribution in [0.3, 0.4) is 0 Å². The molecule has 0 bridgehead atoms. The monoisotopic (exact) mass is 165 g/mol. The van der Waals surface area contributed by atoms with E-state index < -0.39 is 0 Å². The first kappa shape index (κ1) is 33.3. The molecule has 0 fully saturated rings. The van der Waals surface area contributed by atoms with E-state index in [9.17, 15) is 0 Å². The van der Waals surface area contributed by atoms with Gasteiger partial charge in [-0.2, -0.15) is 0 Å². The predicted molar refractivity (Wildman–Crippen MR) is 43.3 cm³/mol. The molecule has 0 aromatic heterocycles. The second kappa shape index (κ2) is 11.5. The van der Waals surface area contributed by atoms with Gasteiger partial charge in [0.05, 0.1) is 0 Å². The fraction of sp³-hybridized carbons (Fsp3) is 0.571. The van der Waals surface area contributed by atoms with Crippen molar-refractivity contribution in [3.63, 3.8) is 0 Å². The van der Waals surface area contributed by atoms with E-state index in [-0.39, 0.29) is 49.5 Å². The first-order chi connectivity index (χ1) is 2.00. The van der Waals surface area contributed by atoms with Gasteiger partial charge in [0.1, 0.15) is 0 Å². The molecule has 0 radical (unpaired) electrons.